The van der Waals surface area contributed by atoms with Crippen molar-refractivity contribution in [2.24, 2.45) is 0 Å². The number of benzene rings is 2. The Morgan fingerprint density at radius 1 is 1.25 bits per heavy atom. The van der Waals surface area contributed by atoms with E-state index in [0.29, 0.717) is 22.0 Å². The van der Waals surface area contributed by atoms with Crippen molar-refractivity contribution in [3.63, 3.8) is 0 Å². The van der Waals surface area contributed by atoms with Gasteiger partial charge in [0.05, 0.1) is 23.6 Å². The maximum Gasteiger partial charge on any atom is 0.283 e. The molecule has 0 saturated heterocycles. The summed E-state index contributed by atoms with van der Waals surface area (Å²) < 4.78 is 49.8. The lowest BCUT2D eigenvalue weighted by Crippen LogP contribution is -2.42. The Bertz CT molecular complexity index is 1270. The van der Waals surface area contributed by atoms with E-state index in [1.165, 1.54) is 29.0 Å². The largest absolute Gasteiger partial charge is 0.487 e. The predicted octanol–water partition coefficient (Wildman–Crippen LogP) is 5.40. The van der Waals surface area contributed by atoms with Crippen molar-refractivity contribution < 1.29 is 17.5 Å². The van der Waals surface area contributed by atoms with E-state index in [4.69, 9.17) is 16.3 Å². The predicted molar refractivity (Wildman–Crippen MR) is 124 cm³/mol. The molecule has 0 fully saturated rings. The van der Waals surface area contributed by atoms with Gasteiger partial charge in [-0.2, -0.15) is 8.42 Å². The Morgan fingerprint density at radius 2 is 2.03 bits per heavy atom. The van der Waals surface area contributed by atoms with E-state index in [-0.39, 0.29) is 29.3 Å². The zero-order chi connectivity index (χ0) is 23.0. The van der Waals surface area contributed by atoms with Crippen LogP contribution in [-0.4, -0.2) is 30.6 Å². The number of ether oxygens (including phenoxy) is 1. The van der Waals surface area contributed by atoms with Crippen molar-refractivity contribution in [2.45, 2.75) is 37.9 Å². The van der Waals surface area contributed by atoms with Crippen LogP contribution in [-0.2, 0) is 10.0 Å². The van der Waals surface area contributed by atoms with Gasteiger partial charge in [-0.3, -0.25) is 4.31 Å². The van der Waals surface area contributed by atoms with Crippen molar-refractivity contribution >= 4 is 39.5 Å². The van der Waals surface area contributed by atoms with Gasteiger partial charge in [0.1, 0.15) is 17.7 Å². The van der Waals surface area contributed by atoms with Crippen LogP contribution in [0.1, 0.15) is 37.9 Å². The maximum absolute atomic E-state index is 14.1. The molecule has 32 heavy (non-hydrogen) atoms. The Balaban J connectivity index is 1.73. The molecule has 0 radical (unpaired) electrons. The molecule has 4 rings (SSSR count). The van der Waals surface area contributed by atoms with Crippen molar-refractivity contribution in [2.75, 3.05) is 10.8 Å². The van der Waals surface area contributed by atoms with Crippen LogP contribution in [0.2, 0.25) is 5.02 Å². The number of hydrogen-bond acceptors (Lipinski definition) is 4. The first-order chi connectivity index (χ1) is 15.2. The fourth-order valence-corrected chi connectivity index (χ4v) is 5.14. The Morgan fingerprint density at radius 3 is 2.72 bits per heavy atom. The average Bonchev–Trinajstić information content (AvgIpc) is 3.24. The summed E-state index contributed by atoms with van der Waals surface area (Å²) in [6, 6.07) is 9.75. The SMILES string of the molecule is CC1CN(S(=O)(=O)c2cn(C(C)C)cn2)c2cc(C=Cc3c(F)cccc3Cl)ccc2O1. The van der Waals surface area contributed by atoms with Gasteiger partial charge < -0.3 is 9.30 Å². The fourth-order valence-electron chi connectivity index (χ4n) is 3.44. The molecule has 0 amide bonds. The van der Waals surface area contributed by atoms with Gasteiger partial charge in [-0.1, -0.05) is 29.8 Å². The lowest BCUT2D eigenvalue weighted by molar-refractivity contribution is 0.219. The molecule has 9 heteroatoms. The van der Waals surface area contributed by atoms with Gasteiger partial charge >= 0.3 is 0 Å². The van der Waals surface area contributed by atoms with Crippen LogP contribution in [0.4, 0.5) is 10.1 Å². The molecule has 1 aliphatic heterocycles. The Kier molecular flexibility index (Phi) is 6.01. The highest BCUT2D eigenvalue weighted by Crippen LogP contribution is 2.38. The lowest BCUT2D eigenvalue weighted by Gasteiger charge is -2.33. The molecule has 0 N–H and O–H groups in total. The highest BCUT2D eigenvalue weighted by Gasteiger charge is 2.34. The molecule has 2 heterocycles. The summed E-state index contributed by atoms with van der Waals surface area (Å²) in [7, 11) is -3.90. The summed E-state index contributed by atoms with van der Waals surface area (Å²) in [6.07, 6.45) is 5.96. The van der Waals surface area contributed by atoms with E-state index in [0.717, 1.165) is 0 Å². The Hall–Kier alpha value is -2.84. The van der Waals surface area contributed by atoms with Crippen molar-refractivity contribution in [3.05, 3.63) is 70.9 Å². The first-order valence-corrected chi connectivity index (χ1v) is 12.0. The van der Waals surface area contributed by atoms with Gasteiger partial charge in [-0.05, 0) is 56.7 Å². The summed E-state index contributed by atoms with van der Waals surface area (Å²) in [4.78, 5) is 4.12. The van der Waals surface area contributed by atoms with Gasteiger partial charge in [-0.25, -0.2) is 9.37 Å². The van der Waals surface area contributed by atoms with Gasteiger partial charge in [0.25, 0.3) is 10.0 Å². The van der Waals surface area contributed by atoms with Crippen molar-refractivity contribution in [1.82, 2.24) is 9.55 Å². The first kappa shape index (κ1) is 22.4. The second kappa shape index (κ2) is 8.60. The van der Waals surface area contributed by atoms with Gasteiger partial charge in [0, 0.05) is 17.8 Å². The molecule has 0 saturated carbocycles. The van der Waals surface area contributed by atoms with E-state index in [2.05, 4.69) is 4.98 Å². The molecule has 1 unspecified atom stereocenters. The number of fused-ring (bicyclic) bond motifs is 1. The summed E-state index contributed by atoms with van der Waals surface area (Å²) in [5, 5.41) is 0.270. The van der Waals surface area contributed by atoms with Crippen LogP contribution in [0.25, 0.3) is 12.2 Å². The highest BCUT2D eigenvalue weighted by molar-refractivity contribution is 7.92. The van der Waals surface area contributed by atoms with Crippen molar-refractivity contribution in [3.8, 4) is 5.75 Å². The summed E-state index contributed by atoms with van der Waals surface area (Å²) >= 11 is 6.09. The number of hydrogen-bond donors (Lipinski definition) is 0. The minimum absolute atomic E-state index is 0.0228. The fraction of sp³-hybridized carbons (Fsp3) is 0.261. The quantitative estimate of drug-likeness (QED) is 0.463. The first-order valence-electron chi connectivity index (χ1n) is 10.2. The molecule has 2 aromatic carbocycles. The van der Waals surface area contributed by atoms with Crippen LogP contribution in [0.5, 0.6) is 5.75 Å². The molecule has 0 aliphatic carbocycles. The van der Waals surface area contributed by atoms with E-state index in [9.17, 15) is 12.8 Å². The molecule has 6 nitrogen and oxygen atoms in total. The minimum Gasteiger partial charge on any atom is -0.487 e. The standard InChI is InChI=1S/C23H23ClFN3O3S/c1-15(2)27-13-23(26-14-27)32(29,30)28-12-16(3)31-22-10-8-17(11-21(22)28)7-9-18-19(24)5-4-6-20(18)25/h4-11,13-16H,12H2,1-3H3. The molecule has 1 aromatic heterocycles. The Labute approximate surface area is 192 Å². The maximum atomic E-state index is 14.1. The number of sulfonamides is 1. The van der Waals surface area contributed by atoms with Gasteiger partial charge in [0.15, 0.2) is 5.03 Å². The highest BCUT2D eigenvalue weighted by atomic mass is 35.5. The van der Waals surface area contributed by atoms with Crippen LogP contribution < -0.4 is 9.04 Å². The smallest absolute Gasteiger partial charge is 0.283 e. The average molecular weight is 476 g/mol. The number of imidazole rings is 1. The second-order valence-corrected chi connectivity index (χ2v) is 10.1. The minimum atomic E-state index is -3.90. The number of aromatic nitrogens is 2. The van der Waals surface area contributed by atoms with Crippen LogP contribution in [0, 0.1) is 5.82 Å². The molecule has 3 aromatic rings. The topological polar surface area (TPSA) is 64.4 Å². The zero-order valence-electron chi connectivity index (χ0n) is 17.9. The zero-order valence-corrected chi connectivity index (χ0v) is 19.4. The molecule has 1 atom stereocenters. The number of rotatable bonds is 5. The summed E-state index contributed by atoms with van der Waals surface area (Å²) in [6.45, 7) is 5.86. The molecule has 0 spiro atoms. The summed E-state index contributed by atoms with van der Waals surface area (Å²) in [5.41, 5.74) is 1.35. The van der Waals surface area contributed by atoms with Gasteiger partial charge in [-0.15, -0.1) is 0 Å². The van der Waals surface area contributed by atoms with E-state index in [1.807, 2.05) is 20.8 Å². The normalized spacial score (nSPS) is 16.4. The van der Waals surface area contributed by atoms with Crippen LogP contribution in [0.3, 0.4) is 0 Å². The lowest BCUT2D eigenvalue weighted by atomic mass is 10.1. The van der Waals surface area contributed by atoms with Crippen LogP contribution in [0.15, 0.2) is 53.9 Å². The monoisotopic (exact) mass is 475 g/mol. The van der Waals surface area contributed by atoms with E-state index < -0.39 is 15.8 Å². The van der Waals surface area contributed by atoms with E-state index in [1.54, 1.807) is 41.0 Å². The molecule has 1 aliphatic rings. The third kappa shape index (κ3) is 4.25. The molecular weight excluding hydrogens is 453 g/mol. The number of halogens is 2. The third-order valence-corrected chi connectivity index (χ3v) is 7.17. The number of nitrogens with zero attached hydrogens (tertiary/aromatic N) is 3. The second-order valence-electron chi connectivity index (χ2n) is 7.91. The molecule has 168 valence electrons. The van der Waals surface area contributed by atoms with Crippen molar-refractivity contribution in [1.29, 1.82) is 0 Å². The summed E-state index contributed by atoms with van der Waals surface area (Å²) in [5.74, 6) is 0.0190. The number of anilines is 1. The molecular formula is C23H23ClFN3O3S. The van der Waals surface area contributed by atoms with Gasteiger partial charge in [0.2, 0.25) is 0 Å². The molecule has 0 bridgehead atoms. The van der Waals surface area contributed by atoms with Crippen LogP contribution >= 0.6 is 11.6 Å². The third-order valence-electron chi connectivity index (χ3n) is 5.17. The van der Waals surface area contributed by atoms with E-state index >= 15 is 0 Å².